The van der Waals surface area contributed by atoms with E-state index in [0.717, 1.165) is 13.1 Å². The number of carbonyl (C=O) groups excluding carboxylic acids is 2. The second-order valence-electron chi connectivity index (χ2n) is 9.67. The summed E-state index contributed by atoms with van der Waals surface area (Å²) in [6.45, 7) is 19.6. The lowest BCUT2D eigenvalue weighted by atomic mass is 10.0. The van der Waals surface area contributed by atoms with Crippen LogP contribution in [-0.2, 0) is 0 Å². The summed E-state index contributed by atoms with van der Waals surface area (Å²) < 4.78 is 0. The zero-order chi connectivity index (χ0) is 25.3. The number of nitrogens with one attached hydrogen (secondary N) is 2. The molecule has 33 heavy (non-hydrogen) atoms. The second-order valence-corrected chi connectivity index (χ2v) is 9.67. The van der Waals surface area contributed by atoms with Gasteiger partial charge in [-0.25, -0.2) is 0 Å². The standard InChI is InChI=1S/C25H45N5O3/c1-16(2)29(17(3)4)11-9-27-24(32)21-13-20(23(26)31)14-22(15-21)25(33)28-10-12-30(18(5)6)19(7)8/h13-19,24,27,32H,9-12H2,1-8H3,(H2,26,31)(H,28,33). The van der Waals surface area contributed by atoms with Crippen LogP contribution < -0.4 is 16.4 Å². The second kappa shape index (κ2) is 13.6. The van der Waals surface area contributed by atoms with Gasteiger partial charge in [-0.15, -0.1) is 0 Å². The van der Waals surface area contributed by atoms with Gasteiger partial charge in [0.25, 0.3) is 5.91 Å². The Balaban J connectivity index is 2.87. The van der Waals surface area contributed by atoms with Crippen molar-refractivity contribution < 1.29 is 14.7 Å². The van der Waals surface area contributed by atoms with E-state index >= 15 is 0 Å². The molecule has 0 heterocycles. The molecule has 1 aromatic rings. The summed E-state index contributed by atoms with van der Waals surface area (Å²) in [6, 6.07) is 6.11. The fourth-order valence-electron chi connectivity index (χ4n) is 4.16. The first-order valence-electron chi connectivity index (χ1n) is 12.0. The van der Waals surface area contributed by atoms with Crippen molar-refractivity contribution in [2.75, 3.05) is 26.2 Å². The fourth-order valence-corrected chi connectivity index (χ4v) is 4.16. The average Bonchev–Trinajstić information content (AvgIpc) is 2.72. The molecule has 0 aliphatic heterocycles. The van der Waals surface area contributed by atoms with E-state index in [1.54, 1.807) is 6.07 Å². The largest absolute Gasteiger partial charge is 0.374 e. The van der Waals surface area contributed by atoms with E-state index in [2.05, 4.69) is 75.8 Å². The zero-order valence-electron chi connectivity index (χ0n) is 21.7. The summed E-state index contributed by atoms with van der Waals surface area (Å²) in [4.78, 5) is 29.2. The van der Waals surface area contributed by atoms with Gasteiger partial charge in [-0.1, -0.05) is 0 Å². The minimum Gasteiger partial charge on any atom is -0.374 e. The van der Waals surface area contributed by atoms with Gasteiger partial charge in [0.1, 0.15) is 6.23 Å². The van der Waals surface area contributed by atoms with Crippen molar-refractivity contribution in [3.63, 3.8) is 0 Å². The Morgan fingerprint density at radius 1 is 0.818 bits per heavy atom. The highest BCUT2D eigenvalue weighted by Gasteiger charge is 2.18. The Labute approximate surface area is 199 Å². The zero-order valence-corrected chi connectivity index (χ0v) is 21.7. The summed E-state index contributed by atoms with van der Waals surface area (Å²) in [5.41, 5.74) is 6.40. The normalized spacial score (nSPS) is 13.1. The summed E-state index contributed by atoms with van der Waals surface area (Å²) in [5, 5.41) is 16.7. The summed E-state index contributed by atoms with van der Waals surface area (Å²) >= 11 is 0. The van der Waals surface area contributed by atoms with Gasteiger partial charge in [0.2, 0.25) is 5.91 Å². The Hall–Kier alpha value is -2.00. The molecule has 1 rings (SSSR count). The summed E-state index contributed by atoms with van der Waals surface area (Å²) in [6.07, 6.45) is -1.02. The quantitative estimate of drug-likeness (QED) is 0.315. The SMILES string of the molecule is CC(C)N(CCNC(=O)c1cc(C(N)=O)cc(C(O)NCCN(C(C)C)C(C)C)c1)C(C)C. The molecule has 0 aromatic heterocycles. The lowest BCUT2D eigenvalue weighted by Gasteiger charge is -2.31. The topological polar surface area (TPSA) is 111 Å². The number of hydrogen-bond acceptors (Lipinski definition) is 6. The maximum atomic E-state index is 12.8. The number of aliphatic hydroxyl groups excluding tert-OH is 1. The molecule has 8 nitrogen and oxygen atoms in total. The van der Waals surface area contributed by atoms with E-state index < -0.39 is 12.1 Å². The number of carbonyl (C=O) groups is 2. The van der Waals surface area contributed by atoms with Gasteiger partial charge in [0.05, 0.1) is 0 Å². The fraction of sp³-hybridized carbons (Fsp3) is 0.680. The highest BCUT2D eigenvalue weighted by molar-refractivity contribution is 5.99. The van der Waals surface area contributed by atoms with Crippen LogP contribution in [0.25, 0.3) is 0 Å². The Bertz CT molecular complexity index is 748. The van der Waals surface area contributed by atoms with E-state index in [0.29, 0.717) is 48.4 Å². The van der Waals surface area contributed by atoms with Crippen molar-refractivity contribution in [3.05, 3.63) is 34.9 Å². The molecular weight excluding hydrogens is 418 g/mol. The monoisotopic (exact) mass is 463 g/mol. The van der Waals surface area contributed by atoms with Crippen LogP contribution >= 0.6 is 0 Å². The molecule has 1 unspecified atom stereocenters. The van der Waals surface area contributed by atoms with Crippen LogP contribution in [0.2, 0.25) is 0 Å². The van der Waals surface area contributed by atoms with Gasteiger partial charge in [-0.05, 0) is 79.2 Å². The van der Waals surface area contributed by atoms with E-state index in [1.807, 2.05) is 0 Å². The van der Waals surface area contributed by atoms with Crippen LogP contribution in [0.5, 0.6) is 0 Å². The highest BCUT2D eigenvalue weighted by atomic mass is 16.3. The molecule has 0 spiro atoms. The van der Waals surface area contributed by atoms with Gasteiger partial charge < -0.3 is 16.2 Å². The van der Waals surface area contributed by atoms with Crippen molar-refractivity contribution >= 4 is 11.8 Å². The van der Waals surface area contributed by atoms with Gasteiger partial charge in [0, 0.05) is 61.5 Å². The van der Waals surface area contributed by atoms with Gasteiger partial charge in [0.15, 0.2) is 0 Å². The van der Waals surface area contributed by atoms with Crippen molar-refractivity contribution in [2.45, 2.75) is 85.8 Å². The minimum atomic E-state index is -1.02. The molecule has 2 amide bonds. The maximum absolute atomic E-state index is 12.8. The predicted molar refractivity (Wildman–Crippen MR) is 134 cm³/mol. The number of nitrogens with zero attached hydrogens (tertiary/aromatic N) is 2. The maximum Gasteiger partial charge on any atom is 0.251 e. The molecule has 0 aliphatic carbocycles. The number of nitrogens with two attached hydrogens (primary N) is 1. The number of benzene rings is 1. The first-order chi connectivity index (χ1) is 15.3. The molecule has 1 aromatic carbocycles. The first-order valence-corrected chi connectivity index (χ1v) is 12.0. The Morgan fingerprint density at radius 2 is 1.27 bits per heavy atom. The highest BCUT2D eigenvalue weighted by Crippen LogP contribution is 2.16. The van der Waals surface area contributed by atoms with Crippen molar-refractivity contribution in [3.8, 4) is 0 Å². The predicted octanol–water partition coefficient (Wildman–Crippen LogP) is 2.33. The third-order valence-electron chi connectivity index (χ3n) is 5.83. The van der Waals surface area contributed by atoms with E-state index in [-0.39, 0.29) is 11.5 Å². The molecule has 0 aliphatic rings. The molecule has 188 valence electrons. The molecule has 0 saturated heterocycles. The van der Waals surface area contributed by atoms with Crippen LogP contribution in [0.15, 0.2) is 18.2 Å². The van der Waals surface area contributed by atoms with Crippen LogP contribution in [-0.4, -0.2) is 77.1 Å². The van der Waals surface area contributed by atoms with Gasteiger partial charge in [-0.3, -0.25) is 24.7 Å². The first kappa shape index (κ1) is 29.0. The van der Waals surface area contributed by atoms with Crippen molar-refractivity contribution in [1.82, 2.24) is 20.4 Å². The lowest BCUT2D eigenvalue weighted by molar-refractivity contribution is 0.0938. The van der Waals surface area contributed by atoms with Crippen molar-refractivity contribution in [2.24, 2.45) is 5.73 Å². The molecule has 0 saturated carbocycles. The number of aliphatic hydroxyl groups is 1. The van der Waals surface area contributed by atoms with E-state index in [1.165, 1.54) is 12.1 Å². The van der Waals surface area contributed by atoms with Crippen LogP contribution in [0.4, 0.5) is 0 Å². The minimum absolute atomic E-state index is 0.190. The molecule has 5 N–H and O–H groups in total. The molecule has 0 radical (unpaired) electrons. The number of rotatable bonds is 14. The third kappa shape index (κ3) is 9.41. The summed E-state index contributed by atoms with van der Waals surface area (Å²) in [5.74, 6) is -0.945. The molecular formula is C25H45N5O3. The number of hydrogen-bond donors (Lipinski definition) is 4. The van der Waals surface area contributed by atoms with Crippen LogP contribution in [0, 0.1) is 0 Å². The molecule has 0 bridgehead atoms. The van der Waals surface area contributed by atoms with Gasteiger partial charge in [-0.2, -0.15) is 0 Å². The number of primary amides is 1. The lowest BCUT2D eigenvalue weighted by Crippen LogP contribution is -2.42. The van der Waals surface area contributed by atoms with Gasteiger partial charge >= 0.3 is 0 Å². The molecule has 1 atom stereocenters. The number of amides is 2. The Morgan fingerprint density at radius 3 is 1.73 bits per heavy atom. The van der Waals surface area contributed by atoms with Crippen LogP contribution in [0.1, 0.15) is 87.9 Å². The van der Waals surface area contributed by atoms with E-state index in [4.69, 9.17) is 5.73 Å². The smallest absolute Gasteiger partial charge is 0.251 e. The average molecular weight is 464 g/mol. The third-order valence-corrected chi connectivity index (χ3v) is 5.83. The summed E-state index contributed by atoms with van der Waals surface area (Å²) in [7, 11) is 0. The van der Waals surface area contributed by atoms with Crippen LogP contribution in [0.3, 0.4) is 0 Å². The Kier molecular flexibility index (Phi) is 12.0. The van der Waals surface area contributed by atoms with Crippen molar-refractivity contribution in [1.29, 1.82) is 0 Å². The molecule has 8 heteroatoms. The molecule has 0 fully saturated rings. The van der Waals surface area contributed by atoms with E-state index in [9.17, 15) is 14.7 Å².